The number of nitroso groups, excluding NO2 is 1. The molecule has 0 aliphatic heterocycles. The number of hydrogen-bond acceptors (Lipinski definition) is 2. The Morgan fingerprint density at radius 1 is 0.542 bits per heavy atom. The van der Waals surface area contributed by atoms with E-state index in [1.807, 2.05) is 0 Å². The van der Waals surface area contributed by atoms with Gasteiger partial charge in [0.25, 0.3) is 0 Å². The van der Waals surface area contributed by atoms with Crippen molar-refractivity contribution in [3.8, 4) is 0 Å². The minimum atomic E-state index is -0.301. The molecule has 0 bridgehead atoms. The number of unbranched alkanes of at least 4 members (excludes halogenated alkanes) is 14. The molecule has 0 aliphatic rings. The lowest BCUT2D eigenvalue weighted by Gasteiger charge is -2.21. The molecule has 0 radical (unpaired) electrons. The maximum atomic E-state index is 11.3. The van der Waals surface area contributed by atoms with E-state index < -0.39 is 0 Å². The van der Waals surface area contributed by atoms with Crippen LogP contribution in [0, 0.1) is 4.91 Å². The third-order valence-electron chi connectivity index (χ3n) is 5.36. The number of hydrogen-bond donors (Lipinski definition) is 0. The van der Waals surface area contributed by atoms with Gasteiger partial charge in [-0.25, -0.2) is 0 Å². The molecule has 0 aromatic carbocycles. The van der Waals surface area contributed by atoms with Crippen LogP contribution >= 0.6 is 0 Å². The predicted octanol–water partition coefficient (Wildman–Crippen LogP) is 8.57. The first-order chi connectivity index (χ1) is 11.7. The summed E-state index contributed by atoms with van der Waals surface area (Å²) in [5, 5.41) is 3.49. The summed E-state index contributed by atoms with van der Waals surface area (Å²) in [4.78, 5) is 11.3. The quantitative estimate of drug-likeness (QED) is 0.171. The second kappa shape index (κ2) is 17.4. The fourth-order valence-corrected chi connectivity index (χ4v) is 3.50. The highest BCUT2D eigenvalue weighted by molar-refractivity contribution is 4.82. The van der Waals surface area contributed by atoms with Gasteiger partial charge in [-0.1, -0.05) is 122 Å². The first-order valence-corrected chi connectivity index (χ1v) is 11.0. The second-order valence-electron chi connectivity index (χ2n) is 8.04. The Kier molecular flexibility index (Phi) is 17.1. The van der Waals surface area contributed by atoms with Gasteiger partial charge in [-0.05, 0) is 19.8 Å². The van der Waals surface area contributed by atoms with Gasteiger partial charge in [0.2, 0.25) is 0 Å². The molecule has 0 fully saturated rings. The van der Waals surface area contributed by atoms with Crippen molar-refractivity contribution in [2.75, 3.05) is 0 Å². The fraction of sp³-hybridized carbons (Fsp3) is 1.00. The molecule has 144 valence electrons. The van der Waals surface area contributed by atoms with Crippen LogP contribution in [0.2, 0.25) is 0 Å². The molecule has 0 spiro atoms. The maximum Gasteiger partial charge on any atom is 0.0998 e. The van der Waals surface area contributed by atoms with E-state index in [4.69, 9.17) is 0 Å². The summed E-state index contributed by atoms with van der Waals surface area (Å²) in [6, 6.07) is 0. The minimum Gasteiger partial charge on any atom is -0.150 e. The topological polar surface area (TPSA) is 29.4 Å². The molecule has 0 rings (SSSR count). The molecule has 0 aromatic rings. The molecule has 0 unspecified atom stereocenters. The highest BCUT2D eigenvalue weighted by Gasteiger charge is 2.23. The zero-order chi connectivity index (χ0) is 17.9. The van der Waals surface area contributed by atoms with E-state index >= 15 is 0 Å². The largest absolute Gasteiger partial charge is 0.150 e. The monoisotopic (exact) mass is 339 g/mol. The van der Waals surface area contributed by atoms with Gasteiger partial charge in [0.1, 0.15) is 0 Å². The highest BCUT2D eigenvalue weighted by Crippen LogP contribution is 2.26. The summed E-state index contributed by atoms with van der Waals surface area (Å²) in [5.41, 5.74) is -0.301. The van der Waals surface area contributed by atoms with Crippen molar-refractivity contribution in [3.63, 3.8) is 0 Å². The molecule has 0 N–H and O–H groups in total. The molecular weight excluding hydrogens is 294 g/mol. The summed E-state index contributed by atoms with van der Waals surface area (Å²) in [6.07, 6.45) is 23.2. The molecule has 0 aliphatic carbocycles. The van der Waals surface area contributed by atoms with Crippen molar-refractivity contribution in [2.45, 2.75) is 142 Å². The molecule has 2 nitrogen and oxygen atoms in total. The van der Waals surface area contributed by atoms with E-state index in [9.17, 15) is 4.91 Å². The lowest BCUT2D eigenvalue weighted by Crippen LogP contribution is -2.21. The number of nitrogens with zero attached hydrogens (tertiary/aromatic N) is 1. The highest BCUT2D eigenvalue weighted by atomic mass is 16.3. The predicted molar refractivity (Wildman–Crippen MR) is 109 cm³/mol. The average molecular weight is 340 g/mol. The summed E-state index contributed by atoms with van der Waals surface area (Å²) < 4.78 is 0. The molecule has 0 heterocycles. The smallest absolute Gasteiger partial charge is 0.0998 e. The van der Waals surface area contributed by atoms with Gasteiger partial charge in [0.15, 0.2) is 0 Å². The van der Waals surface area contributed by atoms with Gasteiger partial charge in [0, 0.05) is 0 Å². The molecule has 0 aromatic heterocycles. The van der Waals surface area contributed by atoms with Crippen LogP contribution in [0.25, 0.3) is 0 Å². The molecule has 0 amide bonds. The Morgan fingerprint density at radius 3 is 1.12 bits per heavy atom. The molecular formula is C22H45NO. The first kappa shape index (κ1) is 23.6. The fourth-order valence-electron chi connectivity index (χ4n) is 3.50. The van der Waals surface area contributed by atoms with E-state index in [2.05, 4.69) is 25.9 Å². The van der Waals surface area contributed by atoms with Crippen LogP contribution in [0.3, 0.4) is 0 Å². The summed E-state index contributed by atoms with van der Waals surface area (Å²) in [7, 11) is 0. The Morgan fingerprint density at radius 2 is 0.833 bits per heavy atom. The van der Waals surface area contributed by atoms with Crippen LogP contribution in [0.1, 0.15) is 136 Å². The lowest BCUT2D eigenvalue weighted by molar-refractivity contribution is 0.363. The van der Waals surface area contributed by atoms with Crippen LogP contribution < -0.4 is 0 Å². The third-order valence-corrected chi connectivity index (χ3v) is 5.36. The molecule has 2 heteroatoms. The first-order valence-electron chi connectivity index (χ1n) is 11.0. The van der Waals surface area contributed by atoms with Crippen molar-refractivity contribution in [3.05, 3.63) is 4.91 Å². The lowest BCUT2D eigenvalue weighted by atomic mass is 9.89. The summed E-state index contributed by atoms with van der Waals surface area (Å²) >= 11 is 0. The SMILES string of the molecule is CCCCCCCCCCC(C)(CCCCCCCCCC)N=O. The Hall–Kier alpha value is -0.400. The van der Waals surface area contributed by atoms with Gasteiger partial charge < -0.3 is 0 Å². The normalized spacial score (nSPS) is 11.8. The standard InChI is InChI=1S/C22H45NO/c1-4-6-8-10-12-14-16-18-20-22(3,23-24)21-19-17-15-13-11-9-7-5-2/h4-21H2,1-3H3. The van der Waals surface area contributed by atoms with Crippen LogP contribution in [0.5, 0.6) is 0 Å². The van der Waals surface area contributed by atoms with E-state index in [1.54, 1.807) is 0 Å². The summed E-state index contributed by atoms with van der Waals surface area (Å²) in [5.74, 6) is 0. The number of rotatable bonds is 19. The van der Waals surface area contributed by atoms with E-state index in [-0.39, 0.29) is 5.54 Å². The van der Waals surface area contributed by atoms with E-state index in [0.717, 1.165) is 12.8 Å². The van der Waals surface area contributed by atoms with Crippen LogP contribution in [-0.2, 0) is 0 Å². The van der Waals surface area contributed by atoms with E-state index in [0.29, 0.717) is 0 Å². The third kappa shape index (κ3) is 15.1. The second-order valence-corrected chi connectivity index (χ2v) is 8.04. The van der Waals surface area contributed by atoms with E-state index in [1.165, 1.54) is 103 Å². The van der Waals surface area contributed by atoms with Gasteiger partial charge in [-0.3, -0.25) is 0 Å². The van der Waals surface area contributed by atoms with Gasteiger partial charge in [0.05, 0.1) is 5.54 Å². The molecule has 0 saturated carbocycles. The van der Waals surface area contributed by atoms with Crippen molar-refractivity contribution < 1.29 is 0 Å². The van der Waals surface area contributed by atoms with Crippen molar-refractivity contribution in [2.24, 2.45) is 5.18 Å². The van der Waals surface area contributed by atoms with Crippen LogP contribution in [0.15, 0.2) is 5.18 Å². The minimum absolute atomic E-state index is 0.301. The zero-order valence-corrected chi connectivity index (χ0v) is 17.1. The molecule has 0 saturated heterocycles. The zero-order valence-electron chi connectivity index (χ0n) is 17.1. The maximum absolute atomic E-state index is 11.3. The Bertz CT molecular complexity index is 245. The van der Waals surface area contributed by atoms with Crippen molar-refractivity contribution in [1.82, 2.24) is 0 Å². The molecule has 0 atom stereocenters. The van der Waals surface area contributed by atoms with Crippen LogP contribution in [-0.4, -0.2) is 5.54 Å². The van der Waals surface area contributed by atoms with Crippen LogP contribution in [0.4, 0.5) is 0 Å². The molecule has 24 heavy (non-hydrogen) atoms. The summed E-state index contributed by atoms with van der Waals surface area (Å²) in [6.45, 7) is 6.60. The van der Waals surface area contributed by atoms with Gasteiger partial charge >= 0.3 is 0 Å². The Labute approximate surface area is 152 Å². The Balaban J connectivity index is 3.53. The van der Waals surface area contributed by atoms with Gasteiger partial charge in [-0.2, -0.15) is 4.91 Å². The van der Waals surface area contributed by atoms with Gasteiger partial charge in [-0.15, -0.1) is 0 Å². The average Bonchev–Trinajstić information content (AvgIpc) is 2.59. The van der Waals surface area contributed by atoms with Crippen molar-refractivity contribution >= 4 is 0 Å². The van der Waals surface area contributed by atoms with Crippen molar-refractivity contribution in [1.29, 1.82) is 0 Å².